The van der Waals surface area contributed by atoms with E-state index in [4.69, 9.17) is 44.4 Å². The van der Waals surface area contributed by atoms with Crippen molar-refractivity contribution in [3.8, 4) is 5.75 Å². The molecule has 2 N–H and O–H groups in total. The molecule has 0 aliphatic carbocycles. The molecule has 0 aliphatic rings. The largest absolute Gasteiger partial charge is 0.490 e. The van der Waals surface area contributed by atoms with Crippen LogP contribution in [0.25, 0.3) is 0 Å². The lowest BCUT2D eigenvalue weighted by atomic mass is 10.3. The highest BCUT2D eigenvalue weighted by Crippen LogP contribution is 2.36. The Bertz CT molecular complexity index is 550. The molecule has 0 aromatic heterocycles. The Kier molecular flexibility index (Phi) is 5.10. The number of nitrogens with two attached hydrogens (primary N) is 1. The summed E-state index contributed by atoms with van der Waals surface area (Å²) in [7, 11) is 1.23. The molecule has 0 unspecified atom stereocenters. The first kappa shape index (κ1) is 15.4. The Balaban J connectivity index is 2.99. The fraction of sp³-hybridized carbons (Fsp3) is 0.222. The smallest absolute Gasteiger partial charge is 0.261 e. The molecule has 1 aromatic carbocycles. The lowest BCUT2D eigenvalue weighted by Crippen LogP contribution is -2.14. The maximum atomic E-state index is 11.1. The first-order valence-electron chi connectivity index (χ1n) is 4.56. The quantitative estimate of drug-likeness (QED) is 0.837. The molecule has 0 spiro atoms. The molecule has 100 valence electrons. The van der Waals surface area contributed by atoms with E-state index in [1.165, 1.54) is 0 Å². The molecule has 5 nitrogen and oxygen atoms in total. The Morgan fingerprint density at radius 3 is 2.17 bits per heavy atom. The zero-order chi connectivity index (χ0) is 13.9. The van der Waals surface area contributed by atoms with Gasteiger partial charge in [-0.25, -0.2) is 8.42 Å². The van der Waals surface area contributed by atoms with Gasteiger partial charge in [0.15, 0.2) is 5.75 Å². The minimum Gasteiger partial charge on any atom is -0.490 e. The molecule has 9 heteroatoms. The maximum Gasteiger partial charge on any atom is 0.261 e. The van der Waals surface area contributed by atoms with Gasteiger partial charge in [0.1, 0.15) is 0 Å². The maximum absolute atomic E-state index is 11.1. The van der Waals surface area contributed by atoms with E-state index in [0.29, 0.717) is 0 Å². The van der Waals surface area contributed by atoms with Crippen molar-refractivity contribution in [3.05, 3.63) is 22.2 Å². The SMILES string of the molecule is NC(=O)CCOc1c(Cl)cc(S(=O)(=O)Cl)cc1Cl. The number of hydrogen-bond donors (Lipinski definition) is 1. The van der Waals surface area contributed by atoms with E-state index in [9.17, 15) is 13.2 Å². The van der Waals surface area contributed by atoms with Gasteiger partial charge in [0, 0.05) is 10.7 Å². The summed E-state index contributed by atoms with van der Waals surface area (Å²) in [5.41, 5.74) is 4.93. The Hall–Kier alpha value is -0.690. The van der Waals surface area contributed by atoms with Gasteiger partial charge in [-0.05, 0) is 12.1 Å². The zero-order valence-corrected chi connectivity index (χ0v) is 11.9. The van der Waals surface area contributed by atoms with E-state index in [-0.39, 0.29) is 33.7 Å². The number of amides is 1. The third kappa shape index (κ3) is 4.20. The van der Waals surface area contributed by atoms with Crippen LogP contribution >= 0.6 is 33.9 Å². The number of ether oxygens (including phenoxy) is 1. The van der Waals surface area contributed by atoms with Crippen molar-refractivity contribution in [1.29, 1.82) is 0 Å². The van der Waals surface area contributed by atoms with Gasteiger partial charge in [0.25, 0.3) is 9.05 Å². The summed E-state index contributed by atoms with van der Waals surface area (Å²) in [5.74, 6) is -0.467. The predicted octanol–water partition coefficient (Wildman–Crippen LogP) is 2.18. The van der Waals surface area contributed by atoms with Crippen LogP contribution in [-0.2, 0) is 13.8 Å². The molecule has 0 atom stereocenters. The third-order valence-electron chi connectivity index (χ3n) is 1.85. The topological polar surface area (TPSA) is 86.5 Å². The van der Waals surface area contributed by atoms with Crippen LogP contribution in [0.3, 0.4) is 0 Å². The van der Waals surface area contributed by atoms with Crippen molar-refractivity contribution in [2.45, 2.75) is 11.3 Å². The van der Waals surface area contributed by atoms with Gasteiger partial charge >= 0.3 is 0 Å². The fourth-order valence-electron chi connectivity index (χ4n) is 1.07. The normalized spacial score (nSPS) is 11.3. The van der Waals surface area contributed by atoms with Crippen molar-refractivity contribution >= 4 is 48.8 Å². The molecular formula is C9H8Cl3NO4S. The summed E-state index contributed by atoms with van der Waals surface area (Å²) >= 11 is 11.6. The second-order valence-corrected chi connectivity index (χ2v) is 6.60. The van der Waals surface area contributed by atoms with Crippen LogP contribution in [0.15, 0.2) is 17.0 Å². The molecule has 0 saturated carbocycles. The summed E-state index contributed by atoms with van der Waals surface area (Å²) in [6.45, 7) is -0.0122. The molecular weight excluding hydrogens is 325 g/mol. The number of carbonyl (C=O) groups excluding carboxylic acids is 1. The van der Waals surface area contributed by atoms with Crippen LogP contribution in [-0.4, -0.2) is 20.9 Å². The van der Waals surface area contributed by atoms with Crippen LogP contribution in [0.5, 0.6) is 5.75 Å². The molecule has 1 amide bonds. The minimum atomic E-state index is -3.92. The summed E-state index contributed by atoms with van der Waals surface area (Å²) < 4.78 is 27.3. The highest BCUT2D eigenvalue weighted by molar-refractivity contribution is 8.13. The molecule has 1 rings (SSSR count). The number of halogens is 3. The van der Waals surface area contributed by atoms with Gasteiger partial charge in [0.05, 0.1) is 28.0 Å². The predicted molar refractivity (Wildman–Crippen MR) is 68.8 cm³/mol. The molecule has 0 radical (unpaired) electrons. The van der Waals surface area contributed by atoms with Crippen molar-refractivity contribution in [3.63, 3.8) is 0 Å². The summed E-state index contributed by atoms with van der Waals surface area (Å²) in [6, 6.07) is 2.21. The van der Waals surface area contributed by atoms with Gasteiger partial charge in [-0.3, -0.25) is 4.79 Å². The van der Waals surface area contributed by atoms with Crippen LogP contribution < -0.4 is 10.5 Å². The van der Waals surface area contributed by atoms with E-state index in [2.05, 4.69) is 0 Å². The second kappa shape index (κ2) is 5.97. The molecule has 0 bridgehead atoms. The van der Waals surface area contributed by atoms with Gasteiger partial charge in [-0.2, -0.15) is 0 Å². The van der Waals surface area contributed by atoms with Gasteiger partial charge < -0.3 is 10.5 Å². The van der Waals surface area contributed by atoms with Crippen LogP contribution in [0, 0.1) is 0 Å². The zero-order valence-electron chi connectivity index (χ0n) is 8.82. The molecule has 0 aliphatic heterocycles. The van der Waals surface area contributed by atoms with Crippen LogP contribution in [0.4, 0.5) is 0 Å². The first-order valence-corrected chi connectivity index (χ1v) is 7.63. The van der Waals surface area contributed by atoms with Crippen molar-refractivity contribution < 1.29 is 17.9 Å². The van der Waals surface area contributed by atoms with Gasteiger partial charge in [-0.1, -0.05) is 23.2 Å². The summed E-state index contributed by atoms with van der Waals surface area (Å²) in [5, 5.41) is -0.0441. The van der Waals surface area contributed by atoms with E-state index >= 15 is 0 Å². The Morgan fingerprint density at radius 1 is 1.28 bits per heavy atom. The second-order valence-electron chi connectivity index (χ2n) is 3.22. The van der Waals surface area contributed by atoms with Crippen LogP contribution in [0.1, 0.15) is 6.42 Å². The lowest BCUT2D eigenvalue weighted by molar-refractivity contribution is -0.118. The third-order valence-corrected chi connectivity index (χ3v) is 3.74. The molecule has 0 saturated heterocycles. The van der Waals surface area contributed by atoms with E-state index in [1.54, 1.807) is 0 Å². The van der Waals surface area contributed by atoms with E-state index < -0.39 is 15.0 Å². The highest BCUT2D eigenvalue weighted by Gasteiger charge is 2.17. The number of carbonyl (C=O) groups is 1. The van der Waals surface area contributed by atoms with Crippen LogP contribution in [0.2, 0.25) is 10.0 Å². The molecule has 18 heavy (non-hydrogen) atoms. The monoisotopic (exact) mass is 331 g/mol. The molecule has 0 heterocycles. The van der Waals surface area contributed by atoms with Crippen molar-refractivity contribution in [2.24, 2.45) is 5.73 Å². The van der Waals surface area contributed by atoms with E-state index in [1.807, 2.05) is 0 Å². The number of primary amides is 1. The van der Waals surface area contributed by atoms with Gasteiger partial charge in [-0.15, -0.1) is 0 Å². The van der Waals surface area contributed by atoms with Gasteiger partial charge in [0.2, 0.25) is 5.91 Å². The number of hydrogen-bond acceptors (Lipinski definition) is 4. The average Bonchev–Trinajstić information content (AvgIpc) is 2.20. The Labute approximate surface area is 118 Å². The fourth-order valence-corrected chi connectivity index (χ4v) is 2.58. The minimum absolute atomic E-state index is 0.0117. The number of benzene rings is 1. The Morgan fingerprint density at radius 2 is 1.78 bits per heavy atom. The van der Waals surface area contributed by atoms with Crippen molar-refractivity contribution in [1.82, 2.24) is 0 Å². The summed E-state index contributed by atoms with van der Waals surface area (Å²) in [6.07, 6.45) is -0.0117. The molecule has 0 fully saturated rings. The summed E-state index contributed by atoms with van der Waals surface area (Å²) in [4.78, 5) is 10.3. The van der Waals surface area contributed by atoms with Crippen molar-refractivity contribution in [2.75, 3.05) is 6.61 Å². The number of rotatable bonds is 5. The standard InChI is InChI=1S/C9H8Cl3NO4S/c10-6-3-5(18(12,15)16)4-7(11)9(6)17-2-1-8(13)14/h3-4H,1-2H2,(H2,13,14). The molecule has 1 aromatic rings. The highest BCUT2D eigenvalue weighted by atomic mass is 35.7. The van der Waals surface area contributed by atoms with E-state index in [0.717, 1.165) is 12.1 Å². The first-order chi connectivity index (χ1) is 8.21. The lowest BCUT2D eigenvalue weighted by Gasteiger charge is -2.10. The average molecular weight is 333 g/mol.